The fourth-order valence-corrected chi connectivity index (χ4v) is 1.88. The Balaban J connectivity index is 2.25. The Labute approximate surface area is 94.0 Å². The Morgan fingerprint density at radius 3 is 2.69 bits per heavy atom. The Bertz CT molecular complexity index is 404. The summed E-state index contributed by atoms with van der Waals surface area (Å²) in [5.41, 5.74) is 1.09. The lowest BCUT2D eigenvalue weighted by atomic mass is 9.96. The molecule has 86 valence electrons. The predicted molar refractivity (Wildman–Crippen MR) is 60.0 cm³/mol. The molecule has 1 heterocycles. The maximum absolute atomic E-state index is 10.9. The van der Waals surface area contributed by atoms with Crippen LogP contribution in [-0.4, -0.2) is 34.4 Å². The van der Waals surface area contributed by atoms with Gasteiger partial charge in [0.15, 0.2) is 0 Å². The van der Waals surface area contributed by atoms with Crippen LogP contribution in [0.15, 0.2) is 35.5 Å². The average molecular weight is 221 g/mol. The van der Waals surface area contributed by atoms with E-state index in [-0.39, 0.29) is 0 Å². The van der Waals surface area contributed by atoms with Gasteiger partial charge in [0.05, 0.1) is 5.60 Å². The van der Waals surface area contributed by atoms with E-state index in [0.717, 1.165) is 11.1 Å². The van der Waals surface area contributed by atoms with E-state index < -0.39 is 17.6 Å². The smallest absolute Gasteiger partial charge is 0.321 e. The summed E-state index contributed by atoms with van der Waals surface area (Å²) in [6.07, 6.45) is 7.55. The second-order valence-electron chi connectivity index (χ2n) is 4.42. The third-order valence-corrected chi connectivity index (χ3v) is 2.92. The third-order valence-electron chi connectivity index (χ3n) is 2.92. The molecule has 0 spiro atoms. The molecule has 2 atom stereocenters. The first kappa shape index (κ1) is 11.1. The van der Waals surface area contributed by atoms with Crippen molar-refractivity contribution >= 4 is 5.97 Å². The van der Waals surface area contributed by atoms with Gasteiger partial charge in [0.25, 0.3) is 0 Å². The maximum atomic E-state index is 10.9. The van der Waals surface area contributed by atoms with E-state index >= 15 is 0 Å². The number of hydrogen-bond donors (Lipinski definition) is 3. The summed E-state index contributed by atoms with van der Waals surface area (Å²) < 4.78 is 0. The Kier molecular flexibility index (Phi) is 2.69. The molecule has 0 aromatic heterocycles. The zero-order valence-corrected chi connectivity index (χ0v) is 9.10. The van der Waals surface area contributed by atoms with Crippen molar-refractivity contribution in [3.8, 4) is 0 Å². The molecule has 0 amide bonds. The van der Waals surface area contributed by atoms with Gasteiger partial charge in [-0.15, -0.1) is 0 Å². The molecular formula is C12H15NO3. The van der Waals surface area contributed by atoms with E-state index in [0.29, 0.717) is 13.0 Å². The molecule has 0 saturated carbocycles. The summed E-state index contributed by atoms with van der Waals surface area (Å²) >= 11 is 0. The molecule has 4 heteroatoms. The van der Waals surface area contributed by atoms with Crippen LogP contribution in [-0.2, 0) is 4.79 Å². The molecule has 1 aliphatic heterocycles. The number of nitrogens with one attached hydrogen (secondary N) is 1. The fraction of sp³-hybridized carbons (Fsp3) is 0.417. The third kappa shape index (κ3) is 2.23. The van der Waals surface area contributed by atoms with Crippen molar-refractivity contribution in [3.63, 3.8) is 0 Å². The molecule has 16 heavy (non-hydrogen) atoms. The van der Waals surface area contributed by atoms with Crippen molar-refractivity contribution < 1.29 is 15.0 Å². The average Bonchev–Trinajstić information content (AvgIpc) is 2.38. The number of carboxylic acids is 1. The van der Waals surface area contributed by atoms with Crippen LogP contribution >= 0.6 is 0 Å². The number of carbonyl (C=O) groups is 1. The molecular weight excluding hydrogens is 206 g/mol. The summed E-state index contributed by atoms with van der Waals surface area (Å²) in [5.74, 6) is -0.833. The monoisotopic (exact) mass is 221 g/mol. The molecule has 0 aromatic carbocycles. The first-order valence-corrected chi connectivity index (χ1v) is 5.27. The quantitative estimate of drug-likeness (QED) is 0.606. The first-order valence-electron chi connectivity index (χ1n) is 5.27. The van der Waals surface area contributed by atoms with Crippen LogP contribution in [0.2, 0.25) is 0 Å². The molecule has 2 rings (SSSR count). The number of aliphatic carboxylic acids is 1. The highest BCUT2D eigenvalue weighted by Gasteiger charge is 2.25. The predicted octanol–water partition coefficient (Wildman–Crippen LogP) is 0.606. The van der Waals surface area contributed by atoms with Crippen molar-refractivity contribution in [2.24, 2.45) is 0 Å². The molecule has 0 aromatic rings. The minimum Gasteiger partial charge on any atom is -0.480 e. The second-order valence-corrected chi connectivity index (χ2v) is 4.42. The Hall–Kier alpha value is -1.39. The molecule has 0 bridgehead atoms. The molecule has 1 aliphatic carbocycles. The van der Waals surface area contributed by atoms with E-state index in [1.54, 1.807) is 19.1 Å². The van der Waals surface area contributed by atoms with Gasteiger partial charge in [-0.2, -0.15) is 0 Å². The Morgan fingerprint density at radius 1 is 1.44 bits per heavy atom. The number of aliphatic hydroxyl groups is 1. The SMILES string of the molecule is CC1(O)C=CC2=C(C=C1)C[C@@H](C(=O)O)NC2. The summed E-state index contributed by atoms with van der Waals surface area (Å²) in [5, 5.41) is 21.7. The van der Waals surface area contributed by atoms with Gasteiger partial charge in [-0.25, -0.2) is 0 Å². The van der Waals surface area contributed by atoms with Crippen molar-refractivity contribution in [1.29, 1.82) is 0 Å². The van der Waals surface area contributed by atoms with Gasteiger partial charge < -0.3 is 15.5 Å². The zero-order valence-electron chi connectivity index (χ0n) is 9.10. The van der Waals surface area contributed by atoms with Crippen LogP contribution in [0.5, 0.6) is 0 Å². The van der Waals surface area contributed by atoms with E-state index in [1.807, 2.05) is 12.2 Å². The number of rotatable bonds is 1. The van der Waals surface area contributed by atoms with Gasteiger partial charge in [0.2, 0.25) is 0 Å². The summed E-state index contributed by atoms with van der Waals surface area (Å²) in [7, 11) is 0. The fourth-order valence-electron chi connectivity index (χ4n) is 1.88. The topological polar surface area (TPSA) is 69.6 Å². The lowest BCUT2D eigenvalue weighted by Crippen LogP contribution is -2.41. The highest BCUT2D eigenvalue weighted by molar-refractivity contribution is 5.74. The summed E-state index contributed by atoms with van der Waals surface area (Å²) in [4.78, 5) is 10.9. The van der Waals surface area contributed by atoms with Gasteiger partial charge in [0.1, 0.15) is 6.04 Å². The lowest BCUT2D eigenvalue weighted by molar-refractivity contribution is -0.139. The lowest BCUT2D eigenvalue weighted by Gasteiger charge is -2.22. The molecule has 0 saturated heterocycles. The van der Waals surface area contributed by atoms with Crippen LogP contribution in [0, 0.1) is 0 Å². The summed E-state index contributed by atoms with van der Waals surface area (Å²) in [6.45, 7) is 2.23. The number of allylic oxidation sites excluding steroid dienone is 1. The van der Waals surface area contributed by atoms with E-state index in [2.05, 4.69) is 5.32 Å². The second kappa shape index (κ2) is 3.88. The maximum Gasteiger partial charge on any atom is 0.321 e. The minimum atomic E-state index is -0.948. The molecule has 4 nitrogen and oxygen atoms in total. The first-order chi connectivity index (χ1) is 7.48. The van der Waals surface area contributed by atoms with Crippen LogP contribution in [0.25, 0.3) is 0 Å². The van der Waals surface area contributed by atoms with Crippen molar-refractivity contribution in [2.75, 3.05) is 6.54 Å². The Morgan fingerprint density at radius 2 is 2.06 bits per heavy atom. The standard InChI is InChI=1S/C12H15NO3/c1-12(16)4-2-8-6-10(11(14)15)13-7-9(8)3-5-12/h2-5,10,13,16H,6-7H2,1H3,(H,14,15)/t10-,12?/m0/s1. The molecule has 0 radical (unpaired) electrons. The van der Waals surface area contributed by atoms with Gasteiger partial charge in [-0.3, -0.25) is 4.79 Å². The highest BCUT2D eigenvalue weighted by Crippen LogP contribution is 2.24. The largest absolute Gasteiger partial charge is 0.480 e. The highest BCUT2D eigenvalue weighted by atomic mass is 16.4. The number of carboxylic acid groups (broad SMARTS) is 1. The van der Waals surface area contributed by atoms with Crippen LogP contribution < -0.4 is 5.32 Å². The molecule has 2 aliphatic rings. The van der Waals surface area contributed by atoms with Gasteiger partial charge in [0, 0.05) is 6.54 Å². The van der Waals surface area contributed by atoms with Gasteiger partial charge in [-0.1, -0.05) is 12.2 Å². The van der Waals surface area contributed by atoms with Crippen molar-refractivity contribution in [1.82, 2.24) is 5.32 Å². The van der Waals surface area contributed by atoms with E-state index in [1.165, 1.54) is 0 Å². The minimum absolute atomic E-state index is 0.460. The van der Waals surface area contributed by atoms with Crippen LogP contribution in [0.4, 0.5) is 0 Å². The molecule has 1 unspecified atom stereocenters. The van der Waals surface area contributed by atoms with Gasteiger partial charge >= 0.3 is 5.97 Å². The molecule has 0 fully saturated rings. The summed E-state index contributed by atoms with van der Waals surface area (Å²) in [6, 6.07) is -0.528. The van der Waals surface area contributed by atoms with E-state index in [4.69, 9.17) is 5.11 Å². The number of hydrogen-bond acceptors (Lipinski definition) is 3. The zero-order chi connectivity index (χ0) is 11.8. The van der Waals surface area contributed by atoms with E-state index in [9.17, 15) is 9.90 Å². The molecule has 3 N–H and O–H groups in total. The van der Waals surface area contributed by atoms with Crippen molar-refractivity contribution in [3.05, 3.63) is 35.5 Å². The van der Waals surface area contributed by atoms with Crippen molar-refractivity contribution in [2.45, 2.75) is 25.0 Å². The van der Waals surface area contributed by atoms with Gasteiger partial charge in [-0.05, 0) is 36.6 Å². The van der Waals surface area contributed by atoms with Crippen LogP contribution in [0.3, 0.4) is 0 Å². The normalized spacial score (nSPS) is 33.5. The van der Waals surface area contributed by atoms with Crippen LogP contribution in [0.1, 0.15) is 13.3 Å².